The van der Waals surface area contributed by atoms with Crippen LogP contribution in [-0.4, -0.2) is 19.7 Å². The summed E-state index contributed by atoms with van der Waals surface area (Å²) >= 11 is 0. The molecule has 18 heavy (non-hydrogen) atoms. The molecule has 0 amide bonds. The summed E-state index contributed by atoms with van der Waals surface area (Å²) in [6, 6.07) is 6.92. The molecule has 3 rings (SSSR count). The predicted octanol–water partition coefficient (Wildman–Crippen LogP) is 1.53. The molecule has 3 aromatic rings. The molecule has 6 heteroatoms. The van der Waals surface area contributed by atoms with E-state index in [0.29, 0.717) is 16.9 Å². The number of imidazole rings is 1. The van der Waals surface area contributed by atoms with E-state index in [1.165, 1.54) is 28.9 Å². The van der Waals surface area contributed by atoms with Gasteiger partial charge in [-0.25, -0.2) is 13.9 Å². The maximum Gasteiger partial charge on any atom is 0.263 e. The van der Waals surface area contributed by atoms with Crippen molar-refractivity contribution in [3.8, 4) is 17.0 Å². The molecule has 0 radical (unpaired) electrons. The molecule has 0 spiro atoms. The van der Waals surface area contributed by atoms with E-state index in [1.54, 1.807) is 12.1 Å². The number of aromatic hydroxyl groups is 1. The Morgan fingerprint density at radius 2 is 2.11 bits per heavy atom. The highest BCUT2D eigenvalue weighted by Crippen LogP contribution is 2.24. The standard InChI is InChI=1S/C12H8FN3O2/c13-8-5-7(1-2-10(8)17)9-6-14-11-3-4-12(18)15-16(9)11/h1-6,17H,(H,15,18). The van der Waals surface area contributed by atoms with Crippen LogP contribution in [0.4, 0.5) is 4.39 Å². The van der Waals surface area contributed by atoms with Gasteiger partial charge >= 0.3 is 0 Å². The van der Waals surface area contributed by atoms with Crippen LogP contribution in [0.2, 0.25) is 0 Å². The maximum absolute atomic E-state index is 13.3. The fourth-order valence-corrected chi connectivity index (χ4v) is 1.77. The summed E-state index contributed by atoms with van der Waals surface area (Å²) in [5, 5.41) is 11.7. The molecule has 0 aliphatic rings. The molecule has 0 saturated carbocycles. The van der Waals surface area contributed by atoms with E-state index in [-0.39, 0.29) is 5.56 Å². The van der Waals surface area contributed by atoms with Crippen molar-refractivity contribution in [2.75, 3.05) is 0 Å². The molecule has 0 atom stereocenters. The van der Waals surface area contributed by atoms with Crippen molar-refractivity contribution in [3.63, 3.8) is 0 Å². The van der Waals surface area contributed by atoms with Crippen LogP contribution < -0.4 is 5.56 Å². The van der Waals surface area contributed by atoms with Gasteiger partial charge in [-0.05, 0) is 24.3 Å². The summed E-state index contributed by atoms with van der Waals surface area (Å²) in [5.74, 6) is -1.14. The zero-order chi connectivity index (χ0) is 12.7. The monoisotopic (exact) mass is 245 g/mol. The number of H-pyrrole nitrogens is 1. The number of rotatable bonds is 1. The first-order chi connectivity index (χ1) is 8.65. The average molecular weight is 245 g/mol. The Kier molecular flexibility index (Phi) is 2.16. The van der Waals surface area contributed by atoms with Crippen LogP contribution in [0, 0.1) is 5.82 Å². The minimum Gasteiger partial charge on any atom is -0.505 e. The number of nitrogens with one attached hydrogen (secondary N) is 1. The van der Waals surface area contributed by atoms with Gasteiger partial charge in [-0.2, -0.15) is 0 Å². The molecule has 2 aromatic heterocycles. The van der Waals surface area contributed by atoms with Gasteiger partial charge < -0.3 is 5.11 Å². The lowest BCUT2D eigenvalue weighted by Crippen LogP contribution is -2.09. The van der Waals surface area contributed by atoms with Crippen LogP contribution in [0.5, 0.6) is 5.75 Å². The van der Waals surface area contributed by atoms with E-state index in [2.05, 4.69) is 10.1 Å². The Balaban J connectivity index is 2.28. The molecular formula is C12H8FN3O2. The first-order valence-corrected chi connectivity index (χ1v) is 5.21. The number of hydrogen-bond acceptors (Lipinski definition) is 3. The Labute approximate surface area is 100 Å². The summed E-state index contributed by atoms with van der Waals surface area (Å²) in [6.45, 7) is 0. The van der Waals surface area contributed by atoms with Crippen molar-refractivity contribution in [1.82, 2.24) is 14.6 Å². The first kappa shape index (κ1) is 10.5. The first-order valence-electron chi connectivity index (χ1n) is 5.21. The number of nitrogens with zero attached hydrogens (tertiary/aromatic N) is 2. The summed E-state index contributed by atoms with van der Waals surface area (Å²) < 4.78 is 14.8. The van der Waals surface area contributed by atoms with Crippen LogP contribution in [0.15, 0.2) is 41.3 Å². The number of fused-ring (bicyclic) bond motifs is 1. The van der Waals surface area contributed by atoms with Gasteiger partial charge in [-0.1, -0.05) is 0 Å². The second kappa shape index (κ2) is 3.69. The third-order valence-corrected chi connectivity index (χ3v) is 2.64. The fourth-order valence-electron chi connectivity index (χ4n) is 1.77. The smallest absolute Gasteiger partial charge is 0.263 e. The summed E-state index contributed by atoms with van der Waals surface area (Å²) in [6.07, 6.45) is 1.52. The van der Waals surface area contributed by atoms with Crippen molar-refractivity contribution < 1.29 is 9.50 Å². The Bertz CT molecular complexity index is 791. The summed E-state index contributed by atoms with van der Waals surface area (Å²) in [7, 11) is 0. The third-order valence-electron chi connectivity index (χ3n) is 2.64. The van der Waals surface area contributed by atoms with Crippen molar-refractivity contribution in [1.29, 1.82) is 0 Å². The van der Waals surface area contributed by atoms with E-state index >= 15 is 0 Å². The lowest BCUT2D eigenvalue weighted by atomic mass is 10.1. The number of aromatic amines is 1. The van der Waals surface area contributed by atoms with Crippen LogP contribution in [0.3, 0.4) is 0 Å². The topological polar surface area (TPSA) is 70.4 Å². The molecule has 2 heterocycles. The normalized spacial score (nSPS) is 10.9. The fraction of sp³-hybridized carbons (Fsp3) is 0. The van der Waals surface area contributed by atoms with Gasteiger partial charge in [0.1, 0.15) is 0 Å². The number of phenols is 1. The molecular weight excluding hydrogens is 237 g/mol. The van der Waals surface area contributed by atoms with Gasteiger partial charge in [-0.15, -0.1) is 0 Å². The largest absolute Gasteiger partial charge is 0.505 e. The van der Waals surface area contributed by atoms with Gasteiger partial charge in [0, 0.05) is 11.6 Å². The molecule has 0 unspecified atom stereocenters. The molecule has 0 aliphatic carbocycles. The van der Waals surface area contributed by atoms with Crippen molar-refractivity contribution in [3.05, 3.63) is 52.7 Å². The molecule has 1 aromatic carbocycles. The van der Waals surface area contributed by atoms with Gasteiger partial charge in [0.05, 0.1) is 11.9 Å². The molecule has 0 aliphatic heterocycles. The molecule has 0 saturated heterocycles. The van der Waals surface area contributed by atoms with E-state index in [1.807, 2.05) is 0 Å². The van der Waals surface area contributed by atoms with Crippen molar-refractivity contribution in [2.45, 2.75) is 0 Å². The zero-order valence-electron chi connectivity index (χ0n) is 9.09. The highest BCUT2D eigenvalue weighted by atomic mass is 19.1. The Hall–Kier alpha value is -2.63. The zero-order valence-corrected chi connectivity index (χ0v) is 9.09. The van der Waals surface area contributed by atoms with E-state index in [9.17, 15) is 9.18 Å². The average Bonchev–Trinajstić information content (AvgIpc) is 2.75. The minimum atomic E-state index is -0.722. The third kappa shape index (κ3) is 1.55. The Morgan fingerprint density at radius 1 is 1.28 bits per heavy atom. The van der Waals surface area contributed by atoms with Crippen LogP contribution in [-0.2, 0) is 0 Å². The molecule has 90 valence electrons. The van der Waals surface area contributed by atoms with Crippen LogP contribution in [0.1, 0.15) is 0 Å². The highest BCUT2D eigenvalue weighted by Gasteiger charge is 2.09. The van der Waals surface area contributed by atoms with Crippen LogP contribution in [0.25, 0.3) is 16.9 Å². The summed E-state index contributed by atoms with van der Waals surface area (Å²) in [5.41, 5.74) is 1.33. The maximum atomic E-state index is 13.3. The second-order valence-corrected chi connectivity index (χ2v) is 3.81. The lowest BCUT2D eigenvalue weighted by Gasteiger charge is -2.02. The van der Waals surface area contributed by atoms with Gasteiger partial charge in [0.15, 0.2) is 17.2 Å². The number of aromatic nitrogens is 3. The van der Waals surface area contributed by atoms with E-state index in [0.717, 1.165) is 0 Å². The minimum absolute atomic E-state index is 0.277. The summed E-state index contributed by atoms with van der Waals surface area (Å²) in [4.78, 5) is 15.4. The number of phenolic OH excluding ortho intramolecular Hbond substituents is 1. The number of benzene rings is 1. The van der Waals surface area contributed by atoms with Gasteiger partial charge in [0.2, 0.25) is 0 Å². The lowest BCUT2D eigenvalue weighted by molar-refractivity contribution is 0.432. The van der Waals surface area contributed by atoms with Crippen molar-refractivity contribution >= 4 is 5.65 Å². The predicted molar refractivity (Wildman–Crippen MR) is 62.9 cm³/mol. The highest BCUT2D eigenvalue weighted by molar-refractivity contribution is 5.63. The molecule has 2 N–H and O–H groups in total. The Morgan fingerprint density at radius 3 is 2.89 bits per heavy atom. The molecule has 5 nitrogen and oxygen atoms in total. The SMILES string of the molecule is O=c1ccc2ncc(-c3ccc(O)c(F)c3)n2[nH]1. The molecule has 0 bridgehead atoms. The number of hydrogen-bond donors (Lipinski definition) is 2. The van der Waals surface area contributed by atoms with E-state index in [4.69, 9.17) is 5.11 Å². The quantitative estimate of drug-likeness (QED) is 0.683. The van der Waals surface area contributed by atoms with Gasteiger partial charge in [-0.3, -0.25) is 9.89 Å². The number of halogens is 1. The molecule has 0 fully saturated rings. The van der Waals surface area contributed by atoms with Crippen molar-refractivity contribution in [2.24, 2.45) is 0 Å². The van der Waals surface area contributed by atoms with Gasteiger partial charge in [0.25, 0.3) is 5.56 Å². The van der Waals surface area contributed by atoms with E-state index < -0.39 is 11.6 Å². The van der Waals surface area contributed by atoms with Crippen LogP contribution >= 0.6 is 0 Å². The second-order valence-electron chi connectivity index (χ2n) is 3.81.